The number of thioether (sulfide) groups is 1. The number of carboxylic acid groups (broad SMARTS) is 1. The van der Waals surface area contributed by atoms with Gasteiger partial charge in [0.1, 0.15) is 10.1 Å². The number of carboxylic acids is 1. The van der Waals surface area contributed by atoms with E-state index in [0.717, 1.165) is 17.3 Å². The van der Waals surface area contributed by atoms with Crippen molar-refractivity contribution in [3.05, 3.63) is 33.1 Å². The van der Waals surface area contributed by atoms with Crippen LogP contribution in [0.4, 0.5) is 0 Å². The van der Waals surface area contributed by atoms with E-state index in [2.05, 4.69) is 15.9 Å². The molecule has 21 heavy (non-hydrogen) atoms. The second kappa shape index (κ2) is 6.59. The van der Waals surface area contributed by atoms with Gasteiger partial charge in [-0.1, -0.05) is 30.0 Å². The van der Waals surface area contributed by atoms with Crippen molar-refractivity contribution in [2.24, 2.45) is 0 Å². The van der Waals surface area contributed by atoms with Crippen molar-refractivity contribution >= 4 is 62.2 Å². The lowest BCUT2D eigenvalue weighted by Crippen LogP contribution is -2.30. The molecule has 0 atom stereocenters. The fourth-order valence-corrected chi connectivity index (χ4v) is 3.37. The number of halogens is 1. The van der Waals surface area contributed by atoms with Crippen LogP contribution in [0, 0.1) is 0 Å². The van der Waals surface area contributed by atoms with Crippen molar-refractivity contribution in [1.29, 1.82) is 0 Å². The number of rotatable bonds is 4. The Bertz CT molecular complexity index is 660. The molecule has 1 aromatic carbocycles. The fraction of sp³-hybridized carbons (Fsp3) is 0.154. The second-order valence-corrected chi connectivity index (χ2v) is 6.72. The third-order valence-corrected chi connectivity index (χ3v) is 4.71. The first-order chi connectivity index (χ1) is 9.88. The van der Waals surface area contributed by atoms with E-state index in [1.807, 2.05) is 0 Å². The number of hydrogen-bond donors (Lipinski definition) is 2. The Hall–Kier alpha value is -1.38. The highest BCUT2D eigenvalue weighted by atomic mass is 79.9. The maximum Gasteiger partial charge on any atom is 0.305 e. The smallest absolute Gasteiger partial charge is 0.305 e. The number of carbonyl (C=O) groups excluding carboxylic acids is 1. The van der Waals surface area contributed by atoms with Crippen LogP contribution in [-0.2, 0) is 9.59 Å². The number of aromatic hydroxyl groups is 1. The molecule has 0 aromatic heterocycles. The number of phenols is 1. The predicted octanol–water partition coefficient (Wildman–Crippen LogP) is 2.83. The lowest BCUT2D eigenvalue weighted by Gasteiger charge is -2.12. The summed E-state index contributed by atoms with van der Waals surface area (Å²) in [7, 11) is 0. The Balaban J connectivity index is 2.19. The van der Waals surface area contributed by atoms with E-state index in [1.54, 1.807) is 18.2 Å². The molecule has 1 fully saturated rings. The number of phenolic OH excluding ortho intramolecular Hbond substituents is 1. The maximum atomic E-state index is 12.2. The summed E-state index contributed by atoms with van der Waals surface area (Å²) in [4.78, 5) is 24.5. The number of thiocarbonyl (C=S) groups is 1. The van der Waals surface area contributed by atoms with Crippen molar-refractivity contribution in [1.82, 2.24) is 4.90 Å². The van der Waals surface area contributed by atoms with Gasteiger partial charge >= 0.3 is 5.97 Å². The molecule has 1 heterocycles. The largest absolute Gasteiger partial charge is 0.507 e. The van der Waals surface area contributed by atoms with Crippen molar-refractivity contribution < 1.29 is 19.8 Å². The summed E-state index contributed by atoms with van der Waals surface area (Å²) in [6.45, 7) is 0.0661. The lowest BCUT2D eigenvalue weighted by atomic mass is 10.2. The number of hydrogen-bond acceptors (Lipinski definition) is 5. The van der Waals surface area contributed by atoms with E-state index >= 15 is 0 Å². The van der Waals surface area contributed by atoms with Crippen LogP contribution in [0.25, 0.3) is 6.08 Å². The van der Waals surface area contributed by atoms with Crippen LogP contribution in [0.2, 0.25) is 0 Å². The van der Waals surface area contributed by atoms with Gasteiger partial charge in [-0.3, -0.25) is 14.5 Å². The van der Waals surface area contributed by atoms with Crippen molar-refractivity contribution in [3.63, 3.8) is 0 Å². The van der Waals surface area contributed by atoms with Gasteiger partial charge in [-0.15, -0.1) is 0 Å². The Morgan fingerprint density at radius 1 is 1.48 bits per heavy atom. The summed E-state index contributed by atoms with van der Waals surface area (Å²) in [6.07, 6.45) is 1.51. The zero-order valence-corrected chi connectivity index (χ0v) is 13.8. The summed E-state index contributed by atoms with van der Waals surface area (Å²) in [5.41, 5.74) is 0.735. The molecule has 8 heteroatoms. The van der Waals surface area contributed by atoms with Crippen LogP contribution in [0.5, 0.6) is 5.75 Å². The van der Waals surface area contributed by atoms with Gasteiger partial charge < -0.3 is 10.2 Å². The van der Waals surface area contributed by atoms with Crippen LogP contribution in [0.15, 0.2) is 27.6 Å². The maximum absolute atomic E-state index is 12.2. The summed E-state index contributed by atoms with van der Waals surface area (Å²) in [6, 6.07) is 4.87. The summed E-state index contributed by atoms with van der Waals surface area (Å²) < 4.78 is 0.878. The number of carbonyl (C=O) groups is 2. The minimum absolute atomic E-state index is 0.0661. The van der Waals surface area contributed by atoms with E-state index in [0.29, 0.717) is 13.7 Å². The first-order valence-electron chi connectivity index (χ1n) is 5.84. The Morgan fingerprint density at radius 2 is 2.19 bits per heavy atom. The first kappa shape index (κ1) is 16.0. The molecule has 1 amide bonds. The van der Waals surface area contributed by atoms with E-state index in [-0.39, 0.29) is 24.6 Å². The van der Waals surface area contributed by atoms with Gasteiger partial charge in [0.25, 0.3) is 5.91 Å². The molecule has 2 N–H and O–H groups in total. The number of aliphatic carboxylic acids is 1. The van der Waals surface area contributed by atoms with Crippen molar-refractivity contribution in [2.75, 3.05) is 6.54 Å². The quantitative estimate of drug-likeness (QED) is 0.610. The van der Waals surface area contributed by atoms with Gasteiger partial charge in [0, 0.05) is 6.54 Å². The third-order valence-electron chi connectivity index (χ3n) is 2.69. The van der Waals surface area contributed by atoms with E-state index in [9.17, 15) is 14.7 Å². The predicted molar refractivity (Wildman–Crippen MR) is 87.9 cm³/mol. The lowest BCUT2D eigenvalue weighted by molar-refractivity contribution is -0.137. The van der Waals surface area contributed by atoms with E-state index in [1.165, 1.54) is 11.0 Å². The Labute approximate surface area is 138 Å². The van der Waals surface area contributed by atoms with Crippen LogP contribution in [0.3, 0.4) is 0 Å². The molecule has 0 radical (unpaired) electrons. The Morgan fingerprint density at radius 3 is 2.81 bits per heavy atom. The molecule has 0 saturated carbocycles. The van der Waals surface area contributed by atoms with Gasteiger partial charge in [0.2, 0.25) is 0 Å². The second-order valence-electron chi connectivity index (χ2n) is 4.19. The highest BCUT2D eigenvalue weighted by Crippen LogP contribution is 2.33. The van der Waals surface area contributed by atoms with Crippen LogP contribution >= 0.6 is 39.9 Å². The average molecular weight is 388 g/mol. The minimum Gasteiger partial charge on any atom is -0.507 e. The van der Waals surface area contributed by atoms with E-state index < -0.39 is 5.97 Å². The zero-order chi connectivity index (χ0) is 15.6. The number of nitrogens with zero attached hydrogens (tertiary/aromatic N) is 1. The summed E-state index contributed by atoms with van der Waals surface area (Å²) in [5.74, 6) is -1.16. The number of benzene rings is 1. The minimum atomic E-state index is -0.976. The molecule has 0 unspecified atom stereocenters. The SMILES string of the molecule is O=C(O)CCN1C(=O)/C(=C\c2ccc(O)c(Br)c2)SC1=S. The topological polar surface area (TPSA) is 77.8 Å². The van der Waals surface area contributed by atoms with Crippen LogP contribution < -0.4 is 0 Å². The average Bonchev–Trinajstić information content (AvgIpc) is 2.67. The molecule has 0 spiro atoms. The zero-order valence-electron chi connectivity index (χ0n) is 10.6. The van der Waals surface area contributed by atoms with Gasteiger partial charge in [-0.05, 0) is 39.7 Å². The molecule has 0 bridgehead atoms. The Kier molecular flexibility index (Phi) is 5.02. The molecule has 5 nitrogen and oxygen atoms in total. The first-order valence-corrected chi connectivity index (χ1v) is 7.86. The molecular weight excluding hydrogens is 378 g/mol. The standard InChI is InChI=1S/C13H10BrNO4S2/c14-8-5-7(1-2-9(8)16)6-10-12(19)15(13(20)21-10)4-3-11(17)18/h1-2,5-6,16H,3-4H2,(H,17,18)/b10-6+. The van der Waals surface area contributed by atoms with Crippen molar-refractivity contribution in [3.8, 4) is 5.75 Å². The van der Waals surface area contributed by atoms with Crippen LogP contribution in [-0.4, -0.2) is 37.9 Å². The molecule has 1 aliphatic heterocycles. The molecule has 1 aromatic rings. The fourth-order valence-electron chi connectivity index (χ4n) is 1.66. The molecule has 0 aliphatic carbocycles. The highest BCUT2D eigenvalue weighted by molar-refractivity contribution is 9.10. The molecular formula is C13H10BrNO4S2. The van der Waals surface area contributed by atoms with E-state index in [4.69, 9.17) is 17.3 Å². The third kappa shape index (κ3) is 3.84. The molecule has 2 rings (SSSR count). The van der Waals surface area contributed by atoms with Gasteiger partial charge in [0.05, 0.1) is 15.8 Å². The normalized spacial score (nSPS) is 16.8. The summed E-state index contributed by atoms with van der Waals surface area (Å²) >= 11 is 9.43. The van der Waals surface area contributed by atoms with Gasteiger partial charge in [-0.25, -0.2) is 0 Å². The summed E-state index contributed by atoms with van der Waals surface area (Å²) in [5, 5.41) is 18.1. The van der Waals surface area contributed by atoms with Gasteiger partial charge in [0.15, 0.2) is 0 Å². The monoisotopic (exact) mass is 387 g/mol. The molecule has 110 valence electrons. The van der Waals surface area contributed by atoms with Crippen molar-refractivity contribution in [2.45, 2.75) is 6.42 Å². The van der Waals surface area contributed by atoms with Crippen LogP contribution in [0.1, 0.15) is 12.0 Å². The molecule has 1 aliphatic rings. The number of amides is 1. The highest BCUT2D eigenvalue weighted by Gasteiger charge is 2.32. The van der Waals surface area contributed by atoms with Gasteiger partial charge in [-0.2, -0.15) is 0 Å². The molecule has 1 saturated heterocycles.